The van der Waals surface area contributed by atoms with E-state index in [1.807, 2.05) is 0 Å². The number of nitrogens with two attached hydrogens (primary N) is 1. The minimum absolute atomic E-state index is 0.267. The van der Waals surface area contributed by atoms with Gasteiger partial charge in [-0.25, -0.2) is 0 Å². The van der Waals surface area contributed by atoms with E-state index >= 15 is 0 Å². The zero-order valence-corrected chi connectivity index (χ0v) is 7.51. The van der Waals surface area contributed by atoms with E-state index in [-0.39, 0.29) is 6.10 Å². The van der Waals surface area contributed by atoms with Gasteiger partial charge in [-0.1, -0.05) is 13.8 Å². The van der Waals surface area contributed by atoms with Crippen LogP contribution in [0.2, 0.25) is 0 Å². The molecule has 11 heavy (non-hydrogen) atoms. The van der Waals surface area contributed by atoms with E-state index in [9.17, 15) is 5.11 Å². The van der Waals surface area contributed by atoms with E-state index in [1.54, 1.807) is 0 Å². The summed E-state index contributed by atoms with van der Waals surface area (Å²) in [5.41, 5.74) is 5.82. The second kappa shape index (κ2) is 3.11. The highest BCUT2D eigenvalue weighted by Crippen LogP contribution is 2.41. The van der Waals surface area contributed by atoms with Gasteiger partial charge in [-0.05, 0) is 30.6 Å². The Kier molecular flexibility index (Phi) is 2.55. The normalized spacial score (nSPS) is 32.2. The van der Waals surface area contributed by atoms with Crippen molar-refractivity contribution in [1.82, 2.24) is 0 Å². The fraction of sp³-hybridized carbons (Fsp3) is 1.00. The van der Waals surface area contributed by atoms with Gasteiger partial charge in [-0.2, -0.15) is 0 Å². The van der Waals surface area contributed by atoms with E-state index in [1.165, 1.54) is 6.42 Å². The van der Waals surface area contributed by atoms with Crippen LogP contribution < -0.4 is 5.73 Å². The van der Waals surface area contributed by atoms with Gasteiger partial charge in [0.1, 0.15) is 0 Å². The summed E-state index contributed by atoms with van der Waals surface area (Å²) in [4.78, 5) is 0. The first kappa shape index (κ1) is 9.01. The molecule has 66 valence electrons. The molecule has 0 amide bonds. The van der Waals surface area contributed by atoms with Crippen molar-refractivity contribution in [1.29, 1.82) is 0 Å². The third kappa shape index (κ3) is 2.17. The van der Waals surface area contributed by atoms with Crippen LogP contribution in [0.1, 0.15) is 33.1 Å². The van der Waals surface area contributed by atoms with Gasteiger partial charge >= 0.3 is 0 Å². The van der Waals surface area contributed by atoms with E-state index in [0.29, 0.717) is 17.9 Å². The van der Waals surface area contributed by atoms with Gasteiger partial charge in [0.05, 0.1) is 6.10 Å². The summed E-state index contributed by atoms with van der Waals surface area (Å²) in [5.74, 6) is 0.454. The van der Waals surface area contributed by atoms with Crippen LogP contribution in [-0.4, -0.2) is 17.8 Å². The molecule has 1 aliphatic carbocycles. The van der Waals surface area contributed by atoms with Gasteiger partial charge < -0.3 is 10.8 Å². The first-order chi connectivity index (χ1) is 5.05. The molecular formula is C9H19NO. The number of aliphatic hydroxyl groups excluding tert-OH is 1. The molecule has 0 bridgehead atoms. The molecule has 0 spiro atoms. The van der Waals surface area contributed by atoms with Crippen molar-refractivity contribution >= 4 is 0 Å². The van der Waals surface area contributed by atoms with Crippen molar-refractivity contribution in [3.8, 4) is 0 Å². The summed E-state index contributed by atoms with van der Waals surface area (Å²) in [6, 6.07) is 0. The number of aliphatic hydroxyl groups is 1. The lowest BCUT2D eigenvalue weighted by Crippen LogP contribution is -2.27. The molecule has 1 unspecified atom stereocenters. The predicted molar refractivity (Wildman–Crippen MR) is 46.2 cm³/mol. The molecule has 1 aliphatic rings. The molecule has 0 radical (unpaired) electrons. The molecule has 0 aromatic heterocycles. The van der Waals surface area contributed by atoms with Crippen molar-refractivity contribution in [2.24, 2.45) is 17.1 Å². The maximum Gasteiger partial charge on any atom is 0.0690 e. The SMILES string of the molecule is CC1(C)CCC([C@@H](O)CN)C1. The Bertz CT molecular complexity index is 134. The lowest BCUT2D eigenvalue weighted by Gasteiger charge is -2.19. The Morgan fingerprint density at radius 2 is 2.27 bits per heavy atom. The van der Waals surface area contributed by atoms with E-state index in [4.69, 9.17) is 5.73 Å². The summed E-state index contributed by atoms with van der Waals surface area (Å²) in [6.45, 7) is 4.94. The number of hydrogen-bond donors (Lipinski definition) is 2. The molecule has 0 heterocycles. The molecule has 3 N–H and O–H groups in total. The minimum atomic E-state index is -0.267. The Morgan fingerprint density at radius 1 is 1.64 bits per heavy atom. The highest BCUT2D eigenvalue weighted by molar-refractivity contribution is 4.85. The zero-order chi connectivity index (χ0) is 8.48. The molecule has 1 saturated carbocycles. The molecule has 2 nitrogen and oxygen atoms in total. The highest BCUT2D eigenvalue weighted by atomic mass is 16.3. The van der Waals surface area contributed by atoms with Crippen LogP contribution >= 0.6 is 0 Å². The maximum absolute atomic E-state index is 9.46. The molecule has 1 rings (SSSR count). The zero-order valence-electron chi connectivity index (χ0n) is 7.51. The lowest BCUT2D eigenvalue weighted by atomic mass is 9.89. The lowest BCUT2D eigenvalue weighted by molar-refractivity contribution is 0.112. The monoisotopic (exact) mass is 157 g/mol. The van der Waals surface area contributed by atoms with Gasteiger partial charge in [0.25, 0.3) is 0 Å². The van der Waals surface area contributed by atoms with E-state index in [2.05, 4.69) is 13.8 Å². The van der Waals surface area contributed by atoms with Crippen LogP contribution in [0, 0.1) is 11.3 Å². The smallest absolute Gasteiger partial charge is 0.0690 e. The average Bonchev–Trinajstić information content (AvgIpc) is 2.29. The number of rotatable bonds is 2. The van der Waals surface area contributed by atoms with Crippen molar-refractivity contribution in [2.75, 3.05) is 6.54 Å². The second-order valence-electron chi connectivity index (χ2n) is 4.47. The van der Waals surface area contributed by atoms with Crippen LogP contribution in [0.4, 0.5) is 0 Å². The standard InChI is InChI=1S/C9H19NO/c1-9(2)4-3-7(5-9)8(11)6-10/h7-8,11H,3-6,10H2,1-2H3/t7?,8-/m0/s1. The first-order valence-corrected chi connectivity index (χ1v) is 4.43. The summed E-state index contributed by atoms with van der Waals surface area (Å²) >= 11 is 0. The summed E-state index contributed by atoms with van der Waals surface area (Å²) in [7, 11) is 0. The fourth-order valence-corrected chi connectivity index (χ4v) is 2.01. The predicted octanol–water partition coefficient (Wildman–Crippen LogP) is 1.13. The Labute approximate surface area is 68.8 Å². The van der Waals surface area contributed by atoms with E-state index < -0.39 is 0 Å². The van der Waals surface area contributed by atoms with Crippen LogP contribution in [0.15, 0.2) is 0 Å². The van der Waals surface area contributed by atoms with Gasteiger partial charge in [-0.3, -0.25) is 0 Å². The Hall–Kier alpha value is -0.0800. The van der Waals surface area contributed by atoms with Crippen molar-refractivity contribution in [3.63, 3.8) is 0 Å². The second-order valence-corrected chi connectivity index (χ2v) is 4.47. The summed E-state index contributed by atoms with van der Waals surface area (Å²) < 4.78 is 0. The molecule has 1 fully saturated rings. The van der Waals surface area contributed by atoms with Crippen LogP contribution in [-0.2, 0) is 0 Å². The van der Waals surface area contributed by atoms with Crippen molar-refractivity contribution in [2.45, 2.75) is 39.2 Å². The largest absolute Gasteiger partial charge is 0.392 e. The fourth-order valence-electron chi connectivity index (χ4n) is 2.01. The van der Waals surface area contributed by atoms with Gasteiger partial charge in [0.2, 0.25) is 0 Å². The average molecular weight is 157 g/mol. The van der Waals surface area contributed by atoms with Crippen LogP contribution in [0.3, 0.4) is 0 Å². The van der Waals surface area contributed by atoms with Crippen LogP contribution in [0.5, 0.6) is 0 Å². The molecule has 0 aromatic rings. The minimum Gasteiger partial charge on any atom is -0.392 e. The third-order valence-electron chi connectivity index (χ3n) is 2.79. The van der Waals surface area contributed by atoms with E-state index in [0.717, 1.165) is 12.8 Å². The maximum atomic E-state index is 9.46. The van der Waals surface area contributed by atoms with Gasteiger partial charge in [-0.15, -0.1) is 0 Å². The quantitative estimate of drug-likeness (QED) is 0.631. The molecule has 0 aromatic carbocycles. The van der Waals surface area contributed by atoms with Crippen molar-refractivity contribution < 1.29 is 5.11 Å². The van der Waals surface area contributed by atoms with Gasteiger partial charge in [0.15, 0.2) is 0 Å². The topological polar surface area (TPSA) is 46.2 Å². The molecule has 2 atom stereocenters. The molecular weight excluding hydrogens is 138 g/mol. The van der Waals surface area contributed by atoms with Crippen LogP contribution in [0.25, 0.3) is 0 Å². The highest BCUT2D eigenvalue weighted by Gasteiger charge is 2.33. The van der Waals surface area contributed by atoms with Gasteiger partial charge in [0, 0.05) is 6.54 Å². The van der Waals surface area contributed by atoms with Crippen molar-refractivity contribution in [3.05, 3.63) is 0 Å². The molecule has 2 heteroatoms. The molecule has 0 aliphatic heterocycles. The Balaban J connectivity index is 2.41. The summed E-state index contributed by atoms with van der Waals surface area (Å²) in [5, 5.41) is 9.46. The molecule has 0 saturated heterocycles. The summed E-state index contributed by atoms with van der Waals surface area (Å²) in [6.07, 6.45) is 3.24. The Morgan fingerprint density at radius 3 is 2.64 bits per heavy atom. The first-order valence-electron chi connectivity index (χ1n) is 4.43. The third-order valence-corrected chi connectivity index (χ3v) is 2.79. The number of hydrogen-bond acceptors (Lipinski definition) is 2.